The van der Waals surface area contributed by atoms with E-state index in [9.17, 15) is 9.59 Å². The number of benzene rings is 1. The summed E-state index contributed by atoms with van der Waals surface area (Å²) in [6.45, 7) is 2.40. The van der Waals surface area contributed by atoms with Crippen molar-refractivity contribution in [3.63, 3.8) is 0 Å². The van der Waals surface area contributed by atoms with Gasteiger partial charge in [-0.05, 0) is 37.6 Å². The quantitative estimate of drug-likeness (QED) is 0.663. The van der Waals surface area contributed by atoms with Crippen molar-refractivity contribution in [3.05, 3.63) is 35.4 Å². The van der Waals surface area contributed by atoms with Crippen LogP contribution in [0.25, 0.3) is 0 Å². The summed E-state index contributed by atoms with van der Waals surface area (Å²) in [5, 5.41) is 8.68. The van der Waals surface area contributed by atoms with Crippen molar-refractivity contribution < 1.29 is 14.3 Å². The highest BCUT2D eigenvalue weighted by Crippen LogP contribution is 2.11. The molecule has 23 heavy (non-hydrogen) atoms. The van der Waals surface area contributed by atoms with Crippen molar-refractivity contribution in [1.82, 2.24) is 16.0 Å². The van der Waals surface area contributed by atoms with E-state index in [0.29, 0.717) is 31.6 Å². The fraction of sp³-hybridized carbons (Fsp3) is 0.529. The van der Waals surface area contributed by atoms with E-state index in [1.165, 1.54) is 0 Å². The highest BCUT2D eigenvalue weighted by Gasteiger charge is 2.16. The third kappa shape index (κ3) is 6.00. The molecule has 0 radical (unpaired) electrons. The van der Waals surface area contributed by atoms with Gasteiger partial charge in [-0.15, -0.1) is 0 Å². The Balaban J connectivity index is 1.80. The number of nitrogens with one attached hydrogen (secondary N) is 3. The Morgan fingerprint density at radius 2 is 2.17 bits per heavy atom. The fourth-order valence-corrected chi connectivity index (χ4v) is 2.46. The van der Waals surface area contributed by atoms with Gasteiger partial charge in [0.05, 0.1) is 6.10 Å². The largest absolute Gasteiger partial charge is 0.376 e. The molecule has 0 aliphatic carbocycles. The number of hydrogen-bond donors (Lipinski definition) is 3. The van der Waals surface area contributed by atoms with Gasteiger partial charge >= 0.3 is 0 Å². The number of amides is 2. The molecule has 1 aliphatic heterocycles. The highest BCUT2D eigenvalue weighted by molar-refractivity contribution is 5.94. The SMILES string of the molecule is CNCCC(=O)NCc1cccc(C(=O)NCC2CCCO2)c1. The maximum atomic E-state index is 12.2. The number of hydrogen-bond acceptors (Lipinski definition) is 4. The Morgan fingerprint density at radius 1 is 1.30 bits per heavy atom. The summed E-state index contributed by atoms with van der Waals surface area (Å²) in [5.74, 6) is -0.114. The van der Waals surface area contributed by atoms with Gasteiger partial charge in [-0.3, -0.25) is 9.59 Å². The minimum Gasteiger partial charge on any atom is -0.376 e. The monoisotopic (exact) mass is 319 g/mol. The molecule has 1 fully saturated rings. The molecule has 1 unspecified atom stereocenters. The van der Waals surface area contributed by atoms with Crippen LogP contribution < -0.4 is 16.0 Å². The molecule has 126 valence electrons. The van der Waals surface area contributed by atoms with Gasteiger partial charge in [0.1, 0.15) is 0 Å². The maximum Gasteiger partial charge on any atom is 0.251 e. The molecule has 3 N–H and O–H groups in total. The van der Waals surface area contributed by atoms with Crippen LogP contribution in [-0.2, 0) is 16.1 Å². The van der Waals surface area contributed by atoms with Gasteiger partial charge in [0.25, 0.3) is 5.91 Å². The Hall–Kier alpha value is -1.92. The normalized spacial score (nSPS) is 17.0. The minimum absolute atomic E-state index is 0.00686. The number of ether oxygens (including phenoxy) is 1. The Labute approximate surface area is 137 Å². The van der Waals surface area contributed by atoms with Gasteiger partial charge < -0.3 is 20.7 Å². The average Bonchev–Trinajstić information content (AvgIpc) is 3.09. The second-order valence-electron chi connectivity index (χ2n) is 5.68. The van der Waals surface area contributed by atoms with E-state index in [-0.39, 0.29) is 17.9 Å². The Morgan fingerprint density at radius 3 is 2.91 bits per heavy atom. The molecule has 1 saturated heterocycles. The number of rotatable bonds is 8. The van der Waals surface area contributed by atoms with E-state index in [1.807, 2.05) is 25.2 Å². The lowest BCUT2D eigenvalue weighted by Crippen LogP contribution is -2.31. The van der Waals surface area contributed by atoms with E-state index in [0.717, 1.165) is 25.0 Å². The number of carbonyl (C=O) groups excluding carboxylic acids is 2. The van der Waals surface area contributed by atoms with Crippen LogP contribution >= 0.6 is 0 Å². The van der Waals surface area contributed by atoms with Crippen LogP contribution in [0.4, 0.5) is 0 Å². The molecule has 0 spiro atoms. The van der Waals surface area contributed by atoms with E-state index in [1.54, 1.807) is 6.07 Å². The highest BCUT2D eigenvalue weighted by atomic mass is 16.5. The summed E-state index contributed by atoms with van der Waals surface area (Å²) in [6, 6.07) is 7.31. The molecule has 2 rings (SSSR count). The second-order valence-corrected chi connectivity index (χ2v) is 5.68. The van der Waals surface area contributed by atoms with Crippen molar-refractivity contribution in [2.24, 2.45) is 0 Å². The predicted octanol–water partition coefficient (Wildman–Crippen LogP) is 0.821. The first-order chi connectivity index (χ1) is 11.2. The maximum absolute atomic E-state index is 12.2. The summed E-state index contributed by atoms with van der Waals surface area (Å²) in [4.78, 5) is 23.8. The molecule has 6 nitrogen and oxygen atoms in total. The predicted molar refractivity (Wildman–Crippen MR) is 88.1 cm³/mol. The topological polar surface area (TPSA) is 79.5 Å². The van der Waals surface area contributed by atoms with Crippen LogP contribution in [0, 0.1) is 0 Å². The van der Waals surface area contributed by atoms with Crippen molar-refractivity contribution in [2.75, 3.05) is 26.7 Å². The van der Waals surface area contributed by atoms with Crippen LogP contribution in [0.3, 0.4) is 0 Å². The lowest BCUT2D eigenvalue weighted by atomic mass is 10.1. The first-order valence-electron chi connectivity index (χ1n) is 8.09. The average molecular weight is 319 g/mol. The molecule has 2 amide bonds. The van der Waals surface area contributed by atoms with Gasteiger partial charge in [0, 0.05) is 38.2 Å². The lowest BCUT2D eigenvalue weighted by Gasteiger charge is -2.11. The molecular formula is C17H25N3O3. The van der Waals surface area contributed by atoms with Crippen LogP contribution in [0.5, 0.6) is 0 Å². The fourth-order valence-electron chi connectivity index (χ4n) is 2.46. The third-order valence-electron chi connectivity index (χ3n) is 3.80. The zero-order valence-corrected chi connectivity index (χ0v) is 13.6. The van der Waals surface area contributed by atoms with Gasteiger partial charge in [-0.25, -0.2) is 0 Å². The van der Waals surface area contributed by atoms with Crippen LogP contribution in [0.2, 0.25) is 0 Å². The van der Waals surface area contributed by atoms with Gasteiger partial charge in [0.15, 0.2) is 0 Å². The van der Waals surface area contributed by atoms with Crippen molar-refractivity contribution in [1.29, 1.82) is 0 Å². The second kappa shape index (κ2) is 9.27. The third-order valence-corrected chi connectivity index (χ3v) is 3.80. The molecule has 0 aromatic heterocycles. The molecular weight excluding hydrogens is 294 g/mol. The molecule has 1 aliphatic rings. The van der Waals surface area contributed by atoms with Crippen molar-refractivity contribution in [3.8, 4) is 0 Å². The van der Waals surface area contributed by atoms with E-state index < -0.39 is 0 Å². The van der Waals surface area contributed by atoms with Crippen LogP contribution in [-0.4, -0.2) is 44.7 Å². The lowest BCUT2D eigenvalue weighted by molar-refractivity contribution is -0.121. The zero-order valence-electron chi connectivity index (χ0n) is 13.6. The van der Waals surface area contributed by atoms with E-state index >= 15 is 0 Å². The van der Waals surface area contributed by atoms with Crippen LogP contribution in [0.15, 0.2) is 24.3 Å². The van der Waals surface area contributed by atoms with E-state index in [2.05, 4.69) is 16.0 Å². The smallest absolute Gasteiger partial charge is 0.251 e. The minimum atomic E-state index is -0.108. The summed E-state index contributed by atoms with van der Waals surface area (Å²) in [5.41, 5.74) is 1.51. The van der Waals surface area contributed by atoms with E-state index in [4.69, 9.17) is 4.74 Å². The van der Waals surface area contributed by atoms with Gasteiger partial charge in [-0.1, -0.05) is 12.1 Å². The van der Waals surface area contributed by atoms with Crippen LogP contribution in [0.1, 0.15) is 35.2 Å². The molecule has 1 atom stereocenters. The van der Waals surface area contributed by atoms with Crippen molar-refractivity contribution in [2.45, 2.75) is 31.9 Å². The molecule has 1 heterocycles. The molecule has 1 aromatic rings. The van der Waals surface area contributed by atoms with Crippen molar-refractivity contribution >= 4 is 11.8 Å². The Bertz CT molecular complexity index is 528. The summed E-state index contributed by atoms with van der Waals surface area (Å²) >= 11 is 0. The standard InChI is InChI=1S/C17H25N3O3/c1-18-8-7-16(21)19-11-13-4-2-5-14(10-13)17(22)20-12-15-6-3-9-23-15/h2,4-5,10,15,18H,3,6-9,11-12H2,1H3,(H,19,21)(H,20,22). The molecule has 6 heteroatoms. The van der Waals surface area contributed by atoms with Gasteiger partial charge in [0.2, 0.25) is 5.91 Å². The van der Waals surface area contributed by atoms with Gasteiger partial charge in [-0.2, -0.15) is 0 Å². The molecule has 0 saturated carbocycles. The first kappa shape index (κ1) is 17.4. The number of carbonyl (C=O) groups is 2. The summed E-state index contributed by atoms with van der Waals surface area (Å²) in [6.07, 6.45) is 2.63. The zero-order chi connectivity index (χ0) is 16.5. The first-order valence-corrected chi connectivity index (χ1v) is 8.09. The summed E-state index contributed by atoms with van der Waals surface area (Å²) < 4.78 is 5.49. The Kier molecular flexibility index (Phi) is 7.03. The molecule has 0 bridgehead atoms. The summed E-state index contributed by atoms with van der Waals surface area (Å²) in [7, 11) is 1.81. The molecule has 1 aromatic carbocycles.